The van der Waals surface area contributed by atoms with Crippen LogP contribution in [0.5, 0.6) is 0 Å². The summed E-state index contributed by atoms with van der Waals surface area (Å²) in [5.41, 5.74) is 2.11. The van der Waals surface area contributed by atoms with Gasteiger partial charge < -0.3 is 4.74 Å². The van der Waals surface area contributed by atoms with E-state index in [0.29, 0.717) is 5.92 Å². The number of aromatic nitrogens is 2. The molecule has 1 fully saturated rings. The highest BCUT2D eigenvalue weighted by Gasteiger charge is 2.20. The molecule has 4 heteroatoms. The monoisotopic (exact) mass is 292 g/mol. The van der Waals surface area contributed by atoms with Crippen molar-refractivity contribution in [3.05, 3.63) is 34.7 Å². The Balaban J connectivity index is 2.12. The quantitative estimate of drug-likeness (QED) is 0.809. The van der Waals surface area contributed by atoms with Gasteiger partial charge in [-0.25, -0.2) is 9.97 Å². The number of para-hydroxylation sites is 1. The van der Waals surface area contributed by atoms with Crippen LogP contribution in [-0.4, -0.2) is 23.2 Å². The molecule has 0 saturated carbocycles. The van der Waals surface area contributed by atoms with E-state index in [0.717, 1.165) is 47.1 Å². The standard InChI is InChI=1S/C13H13BrN2O/c14-11-5-1-4-10-12(15-8-16-13(10)11)9-3-2-6-17-7-9/h1,4-5,8-9H,2-3,6-7H2. The van der Waals surface area contributed by atoms with Gasteiger partial charge in [0.05, 0.1) is 17.8 Å². The maximum absolute atomic E-state index is 5.54. The average molecular weight is 293 g/mol. The van der Waals surface area contributed by atoms with Crippen LogP contribution in [0.1, 0.15) is 24.5 Å². The van der Waals surface area contributed by atoms with Gasteiger partial charge in [0.15, 0.2) is 0 Å². The smallest absolute Gasteiger partial charge is 0.116 e. The second kappa shape index (κ2) is 4.70. The second-order valence-electron chi connectivity index (χ2n) is 4.31. The molecular weight excluding hydrogens is 280 g/mol. The summed E-state index contributed by atoms with van der Waals surface area (Å²) in [5.74, 6) is 0.406. The van der Waals surface area contributed by atoms with E-state index in [9.17, 15) is 0 Å². The van der Waals surface area contributed by atoms with Crippen LogP contribution in [-0.2, 0) is 4.74 Å². The molecule has 1 aromatic carbocycles. The van der Waals surface area contributed by atoms with Crippen LogP contribution in [0.2, 0.25) is 0 Å². The van der Waals surface area contributed by atoms with Gasteiger partial charge in [-0.2, -0.15) is 0 Å². The van der Waals surface area contributed by atoms with Gasteiger partial charge in [0.1, 0.15) is 6.33 Å². The summed E-state index contributed by atoms with van der Waals surface area (Å²) in [6, 6.07) is 6.13. The summed E-state index contributed by atoms with van der Waals surface area (Å²) < 4.78 is 6.57. The molecule has 0 bridgehead atoms. The van der Waals surface area contributed by atoms with E-state index < -0.39 is 0 Å². The molecule has 0 amide bonds. The number of benzene rings is 1. The molecule has 2 aromatic rings. The Bertz CT molecular complexity index is 538. The first-order chi connectivity index (χ1) is 8.36. The zero-order valence-electron chi connectivity index (χ0n) is 9.40. The van der Waals surface area contributed by atoms with Crippen LogP contribution in [0.4, 0.5) is 0 Å². The molecule has 1 aliphatic heterocycles. The van der Waals surface area contributed by atoms with Crippen molar-refractivity contribution in [1.29, 1.82) is 0 Å². The molecule has 1 saturated heterocycles. The minimum Gasteiger partial charge on any atom is -0.381 e. The normalized spacial score (nSPS) is 20.6. The Labute approximate surface area is 108 Å². The third-order valence-electron chi connectivity index (χ3n) is 3.19. The van der Waals surface area contributed by atoms with Gasteiger partial charge >= 0.3 is 0 Å². The molecule has 2 heterocycles. The van der Waals surface area contributed by atoms with E-state index in [1.54, 1.807) is 6.33 Å². The molecule has 0 aliphatic carbocycles. The topological polar surface area (TPSA) is 35.0 Å². The van der Waals surface area contributed by atoms with Crippen molar-refractivity contribution in [2.45, 2.75) is 18.8 Å². The van der Waals surface area contributed by atoms with E-state index in [1.165, 1.54) is 0 Å². The Morgan fingerprint density at radius 3 is 3.06 bits per heavy atom. The maximum atomic E-state index is 5.54. The van der Waals surface area contributed by atoms with Crippen LogP contribution < -0.4 is 0 Å². The lowest BCUT2D eigenvalue weighted by atomic mass is 9.95. The number of hydrogen-bond donors (Lipinski definition) is 0. The lowest BCUT2D eigenvalue weighted by Gasteiger charge is -2.22. The molecule has 1 aromatic heterocycles. The van der Waals surface area contributed by atoms with E-state index in [2.05, 4.69) is 32.0 Å². The van der Waals surface area contributed by atoms with Crippen molar-refractivity contribution in [2.75, 3.05) is 13.2 Å². The molecule has 0 radical (unpaired) electrons. The lowest BCUT2D eigenvalue weighted by molar-refractivity contribution is 0.0797. The number of rotatable bonds is 1. The minimum atomic E-state index is 0.406. The minimum absolute atomic E-state index is 0.406. The van der Waals surface area contributed by atoms with Crippen LogP contribution in [0, 0.1) is 0 Å². The molecule has 0 N–H and O–H groups in total. The van der Waals surface area contributed by atoms with Gasteiger partial charge in [-0.15, -0.1) is 0 Å². The Morgan fingerprint density at radius 1 is 1.29 bits per heavy atom. The fourth-order valence-electron chi connectivity index (χ4n) is 2.35. The molecule has 88 valence electrons. The first kappa shape index (κ1) is 11.1. The Kier molecular flexibility index (Phi) is 3.07. The highest BCUT2D eigenvalue weighted by atomic mass is 79.9. The van der Waals surface area contributed by atoms with Crippen molar-refractivity contribution in [3.8, 4) is 0 Å². The lowest BCUT2D eigenvalue weighted by Crippen LogP contribution is -2.17. The third kappa shape index (κ3) is 2.07. The van der Waals surface area contributed by atoms with Crippen LogP contribution in [0.3, 0.4) is 0 Å². The average Bonchev–Trinajstić information content (AvgIpc) is 2.40. The van der Waals surface area contributed by atoms with Gasteiger partial charge in [-0.1, -0.05) is 12.1 Å². The first-order valence-electron chi connectivity index (χ1n) is 5.83. The highest BCUT2D eigenvalue weighted by molar-refractivity contribution is 9.10. The van der Waals surface area contributed by atoms with Crippen molar-refractivity contribution in [1.82, 2.24) is 9.97 Å². The molecule has 1 aliphatic rings. The fraction of sp³-hybridized carbons (Fsp3) is 0.385. The number of fused-ring (bicyclic) bond motifs is 1. The van der Waals surface area contributed by atoms with Crippen LogP contribution >= 0.6 is 15.9 Å². The van der Waals surface area contributed by atoms with Crippen LogP contribution in [0.15, 0.2) is 29.0 Å². The second-order valence-corrected chi connectivity index (χ2v) is 5.16. The summed E-state index contributed by atoms with van der Waals surface area (Å²) in [5, 5.41) is 1.14. The zero-order chi connectivity index (χ0) is 11.7. The first-order valence-corrected chi connectivity index (χ1v) is 6.62. The summed E-state index contributed by atoms with van der Waals surface area (Å²) in [6.07, 6.45) is 3.92. The van der Waals surface area contributed by atoms with E-state index in [4.69, 9.17) is 4.74 Å². The number of halogens is 1. The molecule has 17 heavy (non-hydrogen) atoms. The SMILES string of the molecule is Brc1cccc2c(C3CCCOC3)ncnc12. The Hall–Kier alpha value is -1.00. The number of nitrogens with zero attached hydrogens (tertiary/aromatic N) is 2. The summed E-state index contributed by atoms with van der Waals surface area (Å²) in [4.78, 5) is 8.80. The van der Waals surface area contributed by atoms with Crippen molar-refractivity contribution in [3.63, 3.8) is 0 Å². The van der Waals surface area contributed by atoms with Crippen molar-refractivity contribution >= 4 is 26.8 Å². The third-order valence-corrected chi connectivity index (χ3v) is 3.83. The highest BCUT2D eigenvalue weighted by Crippen LogP contribution is 2.31. The predicted molar refractivity (Wildman–Crippen MR) is 70.0 cm³/mol. The predicted octanol–water partition coefficient (Wildman–Crippen LogP) is 3.29. The fourth-order valence-corrected chi connectivity index (χ4v) is 2.82. The summed E-state index contributed by atoms with van der Waals surface area (Å²) in [7, 11) is 0. The zero-order valence-corrected chi connectivity index (χ0v) is 11.0. The molecule has 1 atom stereocenters. The molecule has 3 nitrogen and oxygen atoms in total. The van der Waals surface area contributed by atoms with Crippen molar-refractivity contribution < 1.29 is 4.74 Å². The number of ether oxygens (including phenoxy) is 1. The summed E-state index contributed by atoms with van der Waals surface area (Å²) in [6.45, 7) is 1.65. The Morgan fingerprint density at radius 2 is 2.24 bits per heavy atom. The van der Waals surface area contributed by atoms with Gasteiger partial charge in [0.2, 0.25) is 0 Å². The largest absolute Gasteiger partial charge is 0.381 e. The van der Waals surface area contributed by atoms with Gasteiger partial charge in [-0.05, 0) is 34.8 Å². The van der Waals surface area contributed by atoms with Crippen LogP contribution in [0.25, 0.3) is 10.9 Å². The maximum Gasteiger partial charge on any atom is 0.116 e. The van der Waals surface area contributed by atoms with E-state index >= 15 is 0 Å². The molecular formula is C13H13BrN2O. The number of hydrogen-bond acceptors (Lipinski definition) is 3. The summed E-state index contributed by atoms with van der Waals surface area (Å²) >= 11 is 3.53. The van der Waals surface area contributed by atoms with E-state index in [1.807, 2.05) is 12.1 Å². The molecule has 0 spiro atoms. The van der Waals surface area contributed by atoms with Gasteiger partial charge in [0, 0.05) is 22.4 Å². The van der Waals surface area contributed by atoms with Crippen molar-refractivity contribution in [2.24, 2.45) is 0 Å². The molecule has 1 unspecified atom stereocenters. The van der Waals surface area contributed by atoms with Gasteiger partial charge in [0.25, 0.3) is 0 Å². The van der Waals surface area contributed by atoms with Gasteiger partial charge in [-0.3, -0.25) is 0 Å². The molecule has 3 rings (SSSR count). The van der Waals surface area contributed by atoms with E-state index in [-0.39, 0.29) is 0 Å².